The molecule has 1 saturated carbocycles. The van der Waals surface area contributed by atoms with Crippen LogP contribution in [0.25, 0.3) is 11.4 Å². The normalized spacial score (nSPS) is 17.2. The van der Waals surface area contributed by atoms with Gasteiger partial charge in [-0.1, -0.05) is 30.7 Å². The molecule has 1 aromatic carbocycles. The van der Waals surface area contributed by atoms with Crippen molar-refractivity contribution in [1.29, 1.82) is 0 Å². The van der Waals surface area contributed by atoms with Crippen molar-refractivity contribution in [2.24, 2.45) is 9.98 Å². The first-order valence-corrected chi connectivity index (χ1v) is 10.3. The number of aliphatic imine (C=N–C) groups is 2. The highest BCUT2D eigenvalue weighted by Gasteiger charge is 2.32. The van der Waals surface area contributed by atoms with Gasteiger partial charge in [-0.05, 0) is 42.7 Å². The predicted octanol–water partition coefficient (Wildman–Crippen LogP) is 4.72. The Bertz CT molecular complexity index is 1100. The molecule has 5 rings (SSSR count). The molecule has 0 radical (unpaired) electrons. The first-order valence-electron chi connectivity index (χ1n) is 9.91. The summed E-state index contributed by atoms with van der Waals surface area (Å²) in [5.74, 6) is 2.98. The second-order valence-electron chi connectivity index (χ2n) is 7.63. The summed E-state index contributed by atoms with van der Waals surface area (Å²) < 4.78 is 2.30. The van der Waals surface area contributed by atoms with E-state index in [-0.39, 0.29) is 5.92 Å². The van der Waals surface area contributed by atoms with Gasteiger partial charge in [0, 0.05) is 41.4 Å². The number of halogens is 1. The van der Waals surface area contributed by atoms with E-state index in [1.165, 1.54) is 12.8 Å². The maximum absolute atomic E-state index is 6.12. The van der Waals surface area contributed by atoms with Crippen LogP contribution in [-0.4, -0.2) is 37.8 Å². The predicted molar refractivity (Wildman–Crippen MR) is 115 cm³/mol. The number of hydrogen-bond donors (Lipinski definition) is 0. The van der Waals surface area contributed by atoms with E-state index in [0.717, 1.165) is 40.7 Å². The van der Waals surface area contributed by atoms with Crippen molar-refractivity contribution in [2.75, 3.05) is 6.54 Å². The van der Waals surface area contributed by atoms with E-state index in [2.05, 4.69) is 31.7 Å². The Kier molecular flexibility index (Phi) is 4.72. The van der Waals surface area contributed by atoms with Gasteiger partial charge in [0.25, 0.3) is 0 Å². The third-order valence-corrected chi connectivity index (χ3v) is 5.57. The van der Waals surface area contributed by atoms with Gasteiger partial charge in [0.15, 0.2) is 5.82 Å². The summed E-state index contributed by atoms with van der Waals surface area (Å²) in [6.45, 7) is 2.77. The van der Waals surface area contributed by atoms with E-state index in [4.69, 9.17) is 16.6 Å². The molecule has 1 aliphatic heterocycles. The van der Waals surface area contributed by atoms with Crippen LogP contribution in [0.1, 0.15) is 49.5 Å². The van der Waals surface area contributed by atoms with Gasteiger partial charge in [0.2, 0.25) is 0 Å². The lowest BCUT2D eigenvalue weighted by Gasteiger charge is -2.14. The molecule has 3 aromatic rings. The van der Waals surface area contributed by atoms with Crippen LogP contribution >= 0.6 is 11.6 Å². The third-order valence-electron chi connectivity index (χ3n) is 5.34. The quantitative estimate of drug-likeness (QED) is 0.596. The average molecular weight is 405 g/mol. The Labute approximate surface area is 174 Å². The highest BCUT2D eigenvalue weighted by atomic mass is 35.5. The van der Waals surface area contributed by atoms with Crippen molar-refractivity contribution in [1.82, 2.24) is 19.7 Å². The zero-order valence-electron chi connectivity index (χ0n) is 16.2. The fourth-order valence-electron chi connectivity index (χ4n) is 3.72. The van der Waals surface area contributed by atoms with Gasteiger partial charge in [-0.3, -0.25) is 9.98 Å². The molecule has 0 spiro atoms. The minimum Gasteiger partial charge on any atom is -0.308 e. The Morgan fingerprint density at radius 1 is 1.10 bits per heavy atom. The second kappa shape index (κ2) is 7.52. The lowest BCUT2D eigenvalue weighted by molar-refractivity contribution is 0.625. The molecule has 2 aromatic heterocycles. The third kappa shape index (κ3) is 3.72. The summed E-state index contributed by atoms with van der Waals surface area (Å²) in [5.41, 5.74) is 3.05. The molecule has 2 aliphatic rings. The molecule has 1 unspecified atom stereocenters. The number of aromatic nitrogens is 4. The molecule has 0 bridgehead atoms. The zero-order chi connectivity index (χ0) is 19.8. The van der Waals surface area contributed by atoms with E-state index in [1.54, 1.807) is 12.4 Å². The molecule has 6 nitrogen and oxygen atoms in total. The van der Waals surface area contributed by atoms with Crippen molar-refractivity contribution in [3.63, 3.8) is 0 Å². The van der Waals surface area contributed by atoms with Crippen molar-refractivity contribution in [2.45, 2.75) is 38.1 Å². The maximum atomic E-state index is 6.12. The van der Waals surface area contributed by atoms with Gasteiger partial charge in [0.1, 0.15) is 11.7 Å². The summed E-state index contributed by atoms with van der Waals surface area (Å²) in [4.78, 5) is 13.5. The Balaban J connectivity index is 1.38. The summed E-state index contributed by atoms with van der Waals surface area (Å²) in [6.07, 6.45) is 6.68. The highest BCUT2D eigenvalue weighted by molar-refractivity contribution is 6.31. The highest BCUT2D eigenvalue weighted by Crippen LogP contribution is 2.40. The molecule has 0 saturated heterocycles. The standard InChI is InChI=1S/C22H21ClN6/c1-14(11-20-25-13-19(26-20)16-3-2-4-17(23)12-16)21-27-28-22(29(21)18-5-6-18)15-7-9-24-10-8-15/h2-4,7-10,12,14,18H,5-6,11,13H2,1H3. The van der Waals surface area contributed by atoms with Crippen molar-refractivity contribution in [3.05, 3.63) is 65.2 Å². The second-order valence-corrected chi connectivity index (χ2v) is 8.06. The van der Waals surface area contributed by atoms with Gasteiger partial charge in [0.05, 0.1) is 12.3 Å². The molecule has 146 valence electrons. The molecule has 1 fully saturated rings. The fourth-order valence-corrected chi connectivity index (χ4v) is 3.91. The monoisotopic (exact) mass is 404 g/mol. The maximum Gasteiger partial charge on any atom is 0.164 e. The molecule has 0 amide bonds. The summed E-state index contributed by atoms with van der Waals surface area (Å²) in [5, 5.41) is 9.78. The van der Waals surface area contributed by atoms with Crippen LogP contribution in [0.2, 0.25) is 5.02 Å². The van der Waals surface area contributed by atoms with Crippen LogP contribution < -0.4 is 0 Å². The van der Waals surface area contributed by atoms with E-state index in [9.17, 15) is 0 Å². The SMILES string of the molecule is CC(CC1=NCC(c2cccc(Cl)c2)=N1)c1nnc(-c2ccncc2)n1C1CC1. The number of nitrogens with zero attached hydrogens (tertiary/aromatic N) is 6. The summed E-state index contributed by atoms with van der Waals surface area (Å²) >= 11 is 6.12. The topological polar surface area (TPSA) is 68.3 Å². The Hall–Kier alpha value is -2.86. The van der Waals surface area contributed by atoms with Crippen molar-refractivity contribution >= 4 is 23.1 Å². The van der Waals surface area contributed by atoms with E-state index in [1.807, 2.05) is 36.4 Å². The van der Waals surface area contributed by atoms with E-state index < -0.39 is 0 Å². The Morgan fingerprint density at radius 3 is 2.69 bits per heavy atom. The number of amidine groups is 1. The largest absolute Gasteiger partial charge is 0.308 e. The van der Waals surface area contributed by atoms with Gasteiger partial charge < -0.3 is 4.57 Å². The minimum atomic E-state index is 0.180. The van der Waals surface area contributed by atoms with E-state index >= 15 is 0 Å². The van der Waals surface area contributed by atoms with Gasteiger partial charge >= 0.3 is 0 Å². The smallest absolute Gasteiger partial charge is 0.164 e. The van der Waals surface area contributed by atoms with Crippen LogP contribution in [0.15, 0.2) is 58.8 Å². The molecule has 7 heteroatoms. The molecule has 3 heterocycles. The van der Waals surface area contributed by atoms with E-state index in [0.29, 0.717) is 17.6 Å². The Morgan fingerprint density at radius 2 is 1.93 bits per heavy atom. The molecule has 0 N–H and O–H groups in total. The minimum absolute atomic E-state index is 0.180. The van der Waals surface area contributed by atoms with Crippen LogP contribution in [0.5, 0.6) is 0 Å². The first kappa shape index (κ1) is 18.2. The zero-order valence-corrected chi connectivity index (χ0v) is 16.9. The van der Waals surface area contributed by atoms with Crippen molar-refractivity contribution < 1.29 is 0 Å². The number of rotatable bonds is 6. The van der Waals surface area contributed by atoms with Crippen LogP contribution in [0.3, 0.4) is 0 Å². The average Bonchev–Trinajstić information content (AvgIpc) is 3.30. The number of benzene rings is 1. The molecule has 29 heavy (non-hydrogen) atoms. The number of pyridine rings is 1. The first-order chi connectivity index (χ1) is 14.2. The molecular weight excluding hydrogens is 384 g/mol. The van der Waals surface area contributed by atoms with Crippen molar-refractivity contribution in [3.8, 4) is 11.4 Å². The van der Waals surface area contributed by atoms with Gasteiger partial charge in [-0.25, -0.2) is 4.99 Å². The summed E-state index contributed by atoms with van der Waals surface area (Å²) in [7, 11) is 0. The van der Waals surface area contributed by atoms with Crippen LogP contribution in [0.4, 0.5) is 0 Å². The van der Waals surface area contributed by atoms with Gasteiger partial charge in [-0.15, -0.1) is 10.2 Å². The lowest BCUT2D eigenvalue weighted by Crippen LogP contribution is -2.10. The lowest BCUT2D eigenvalue weighted by atomic mass is 10.1. The molecular formula is C22H21ClN6. The number of hydrogen-bond acceptors (Lipinski definition) is 5. The van der Waals surface area contributed by atoms with Crippen LogP contribution in [-0.2, 0) is 0 Å². The fraction of sp³-hybridized carbons (Fsp3) is 0.318. The van der Waals surface area contributed by atoms with Gasteiger partial charge in [-0.2, -0.15) is 0 Å². The summed E-state index contributed by atoms with van der Waals surface area (Å²) in [6, 6.07) is 12.2. The molecule has 1 atom stereocenters. The molecule has 1 aliphatic carbocycles. The van der Waals surface area contributed by atoms with Crippen LogP contribution in [0, 0.1) is 0 Å².